The van der Waals surface area contributed by atoms with Crippen molar-refractivity contribution in [2.75, 3.05) is 5.32 Å². The van der Waals surface area contributed by atoms with Crippen LogP contribution in [-0.2, 0) is 24.2 Å². The highest BCUT2D eigenvalue weighted by atomic mass is 32.2. The van der Waals surface area contributed by atoms with Crippen LogP contribution in [0, 0.1) is 17.2 Å². The molecule has 2 aromatic heterocycles. The normalized spacial score (nSPS) is 16.5. The Bertz CT molecular complexity index is 1240. The summed E-state index contributed by atoms with van der Waals surface area (Å²) in [6, 6.07) is 8.80. The zero-order valence-electron chi connectivity index (χ0n) is 17.8. The number of benzene rings is 1. The summed E-state index contributed by atoms with van der Waals surface area (Å²) >= 11 is 2.93. The second-order valence-corrected chi connectivity index (χ2v) is 10.3. The Kier molecular flexibility index (Phi) is 6.17. The molecule has 0 spiro atoms. The van der Waals surface area contributed by atoms with Crippen LogP contribution in [-0.4, -0.2) is 20.7 Å². The van der Waals surface area contributed by atoms with Gasteiger partial charge in [-0.15, -0.1) is 11.3 Å². The highest BCUT2D eigenvalue weighted by Crippen LogP contribution is 2.37. The molecule has 1 aliphatic rings. The molecule has 1 N–H and O–H groups in total. The number of nitrogens with one attached hydrogen (secondary N) is 1. The van der Waals surface area contributed by atoms with E-state index in [4.69, 9.17) is 10.2 Å². The average molecular weight is 453 g/mol. The first-order chi connectivity index (χ1) is 14.9. The Morgan fingerprint density at radius 2 is 2.16 bits per heavy atom. The lowest BCUT2D eigenvalue weighted by molar-refractivity contribution is -0.115. The molecule has 1 aromatic carbocycles. The number of aryl methyl sites for hydroxylation is 1. The van der Waals surface area contributed by atoms with Gasteiger partial charge in [-0.25, -0.2) is 4.98 Å². The summed E-state index contributed by atoms with van der Waals surface area (Å²) in [5.74, 6) is 0.458. The summed E-state index contributed by atoms with van der Waals surface area (Å²) in [5.41, 5.74) is 2.36. The van der Waals surface area contributed by atoms with Crippen LogP contribution in [0.4, 0.5) is 5.69 Å². The van der Waals surface area contributed by atoms with Crippen LogP contribution in [0.3, 0.4) is 0 Å². The van der Waals surface area contributed by atoms with Crippen molar-refractivity contribution in [3.05, 3.63) is 50.6 Å². The molecule has 0 fully saturated rings. The van der Waals surface area contributed by atoms with Crippen LogP contribution in [0.5, 0.6) is 0 Å². The average Bonchev–Trinajstić information content (AvgIpc) is 3.11. The molecule has 2 unspecified atom stereocenters. The molecule has 0 bridgehead atoms. The second-order valence-electron chi connectivity index (χ2n) is 7.91. The lowest BCUT2D eigenvalue weighted by Crippen LogP contribution is -2.26. The van der Waals surface area contributed by atoms with Gasteiger partial charge in [-0.3, -0.25) is 14.2 Å². The van der Waals surface area contributed by atoms with E-state index in [0.717, 1.165) is 29.5 Å². The van der Waals surface area contributed by atoms with E-state index in [1.165, 1.54) is 22.2 Å². The molecule has 8 heteroatoms. The number of rotatable bonds is 5. The summed E-state index contributed by atoms with van der Waals surface area (Å²) in [4.78, 5) is 32.9. The van der Waals surface area contributed by atoms with Gasteiger partial charge in [0.25, 0.3) is 5.56 Å². The van der Waals surface area contributed by atoms with E-state index in [2.05, 4.69) is 18.3 Å². The maximum Gasteiger partial charge on any atom is 0.263 e. The van der Waals surface area contributed by atoms with Crippen LogP contribution >= 0.6 is 23.1 Å². The Labute approximate surface area is 189 Å². The Morgan fingerprint density at radius 3 is 2.84 bits per heavy atom. The number of thiophene rings is 1. The highest BCUT2D eigenvalue weighted by molar-refractivity contribution is 8.00. The molecule has 2 atom stereocenters. The SMILES string of the molecule is CCn1c(SC(C)C(=O)Nc2ccc(C#N)cc2)nc2sc3c(c2c1=O)CCC(C)C3. The lowest BCUT2D eigenvalue weighted by Gasteiger charge is -2.18. The largest absolute Gasteiger partial charge is 0.325 e. The van der Waals surface area contributed by atoms with Crippen LogP contribution in [0.2, 0.25) is 0 Å². The fraction of sp³-hybridized carbons (Fsp3) is 0.391. The van der Waals surface area contributed by atoms with Gasteiger partial charge in [0.2, 0.25) is 5.91 Å². The van der Waals surface area contributed by atoms with Crippen LogP contribution in [0.25, 0.3) is 10.2 Å². The molecule has 4 rings (SSSR count). The standard InChI is InChI=1S/C23H24N4O2S2/c1-4-27-22(29)19-17-10-5-13(2)11-18(17)31-21(19)26-23(27)30-14(3)20(28)25-16-8-6-15(12-24)7-9-16/h6-9,13-14H,4-5,10-11H2,1-3H3,(H,25,28). The van der Waals surface area contributed by atoms with E-state index in [9.17, 15) is 9.59 Å². The van der Waals surface area contributed by atoms with Crippen molar-refractivity contribution in [1.82, 2.24) is 9.55 Å². The topological polar surface area (TPSA) is 87.8 Å². The number of aromatic nitrogens is 2. The van der Waals surface area contributed by atoms with E-state index in [0.29, 0.717) is 28.9 Å². The first kappa shape index (κ1) is 21.6. The van der Waals surface area contributed by atoms with Crippen LogP contribution < -0.4 is 10.9 Å². The molecule has 0 aliphatic heterocycles. The number of carbonyl (C=O) groups excluding carboxylic acids is 1. The van der Waals surface area contributed by atoms with Crippen molar-refractivity contribution in [3.8, 4) is 6.07 Å². The third-order valence-electron chi connectivity index (χ3n) is 5.63. The van der Waals surface area contributed by atoms with Gasteiger partial charge in [-0.05, 0) is 68.9 Å². The van der Waals surface area contributed by atoms with E-state index >= 15 is 0 Å². The van der Waals surface area contributed by atoms with Gasteiger partial charge in [-0.2, -0.15) is 5.26 Å². The fourth-order valence-electron chi connectivity index (χ4n) is 3.86. The van der Waals surface area contributed by atoms with E-state index < -0.39 is 5.25 Å². The number of nitriles is 1. The number of amides is 1. The second kappa shape index (κ2) is 8.85. The summed E-state index contributed by atoms with van der Waals surface area (Å²) < 4.78 is 1.68. The molecule has 1 amide bonds. The van der Waals surface area contributed by atoms with Crippen LogP contribution in [0.1, 0.15) is 43.2 Å². The van der Waals surface area contributed by atoms with Gasteiger partial charge < -0.3 is 5.32 Å². The Hall–Kier alpha value is -2.63. The number of anilines is 1. The molecular weight excluding hydrogens is 428 g/mol. The zero-order chi connectivity index (χ0) is 22.1. The predicted octanol–water partition coefficient (Wildman–Crippen LogP) is 4.59. The fourth-order valence-corrected chi connectivity index (χ4v) is 6.25. The van der Waals surface area contributed by atoms with E-state index in [-0.39, 0.29) is 11.5 Å². The minimum Gasteiger partial charge on any atom is -0.325 e. The van der Waals surface area contributed by atoms with Gasteiger partial charge in [0.05, 0.1) is 22.3 Å². The van der Waals surface area contributed by atoms with Crippen molar-refractivity contribution in [3.63, 3.8) is 0 Å². The molecule has 31 heavy (non-hydrogen) atoms. The first-order valence-corrected chi connectivity index (χ1v) is 12.1. The molecular formula is C23H24N4O2S2. The number of hydrogen-bond acceptors (Lipinski definition) is 6. The zero-order valence-corrected chi connectivity index (χ0v) is 19.4. The maximum absolute atomic E-state index is 13.3. The minimum atomic E-state index is -0.438. The molecule has 160 valence electrons. The molecule has 1 aliphatic carbocycles. The molecule has 0 saturated carbocycles. The predicted molar refractivity (Wildman–Crippen MR) is 126 cm³/mol. The highest BCUT2D eigenvalue weighted by Gasteiger charge is 2.25. The quantitative estimate of drug-likeness (QED) is 0.452. The van der Waals surface area contributed by atoms with Crippen LogP contribution in [0.15, 0.2) is 34.2 Å². The number of hydrogen-bond donors (Lipinski definition) is 1. The van der Waals surface area contributed by atoms with E-state index in [1.54, 1.807) is 47.1 Å². The van der Waals surface area contributed by atoms with E-state index in [1.807, 2.05) is 6.92 Å². The van der Waals surface area contributed by atoms with Gasteiger partial charge in [-0.1, -0.05) is 18.7 Å². The Morgan fingerprint density at radius 1 is 1.42 bits per heavy atom. The monoisotopic (exact) mass is 452 g/mol. The summed E-state index contributed by atoms with van der Waals surface area (Å²) in [5, 5.41) is 12.7. The van der Waals surface area contributed by atoms with Gasteiger partial charge in [0.15, 0.2) is 5.16 Å². The third-order valence-corrected chi connectivity index (χ3v) is 7.87. The number of nitrogens with zero attached hydrogens (tertiary/aromatic N) is 3. The molecule has 2 heterocycles. The van der Waals surface area contributed by atoms with Gasteiger partial charge >= 0.3 is 0 Å². The first-order valence-electron chi connectivity index (χ1n) is 10.4. The number of fused-ring (bicyclic) bond motifs is 3. The van der Waals surface area contributed by atoms with Crippen molar-refractivity contribution < 1.29 is 4.79 Å². The number of carbonyl (C=O) groups is 1. The van der Waals surface area contributed by atoms with Crippen molar-refractivity contribution in [2.24, 2.45) is 5.92 Å². The smallest absolute Gasteiger partial charge is 0.263 e. The maximum atomic E-state index is 13.3. The lowest BCUT2D eigenvalue weighted by atomic mass is 9.89. The summed E-state index contributed by atoms with van der Waals surface area (Å²) in [6.07, 6.45) is 3.05. The molecule has 3 aromatic rings. The summed E-state index contributed by atoms with van der Waals surface area (Å²) in [6.45, 7) is 6.50. The molecule has 6 nitrogen and oxygen atoms in total. The van der Waals surface area contributed by atoms with Gasteiger partial charge in [0, 0.05) is 17.1 Å². The Balaban J connectivity index is 1.60. The van der Waals surface area contributed by atoms with Crippen molar-refractivity contribution >= 4 is 44.9 Å². The molecule has 0 saturated heterocycles. The third kappa shape index (κ3) is 4.25. The summed E-state index contributed by atoms with van der Waals surface area (Å²) in [7, 11) is 0. The van der Waals surface area contributed by atoms with Crippen molar-refractivity contribution in [1.29, 1.82) is 5.26 Å². The minimum absolute atomic E-state index is 0.00162. The van der Waals surface area contributed by atoms with Crippen molar-refractivity contribution in [2.45, 2.75) is 57.0 Å². The number of thioether (sulfide) groups is 1. The molecule has 0 radical (unpaired) electrons. The van der Waals surface area contributed by atoms with Gasteiger partial charge in [0.1, 0.15) is 4.83 Å².